The van der Waals surface area contributed by atoms with Crippen LogP contribution in [0.5, 0.6) is 5.75 Å². The highest BCUT2D eigenvalue weighted by Gasteiger charge is 2.09. The molecule has 0 aliphatic carbocycles. The molecule has 0 bridgehead atoms. The number of aliphatic carboxylic acids is 1. The van der Waals surface area contributed by atoms with Crippen LogP contribution in [0.3, 0.4) is 0 Å². The Morgan fingerprint density at radius 3 is 2.48 bits per heavy atom. The number of carboxylic acids is 1. The Kier molecular flexibility index (Phi) is 7.68. The van der Waals surface area contributed by atoms with Gasteiger partial charge in [-0.05, 0) is 30.7 Å². The van der Waals surface area contributed by atoms with Crippen LogP contribution in [0, 0.1) is 0 Å². The number of ether oxygens (including phenoxy) is 1. The van der Waals surface area contributed by atoms with Gasteiger partial charge in [-0.1, -0.05) is 0 Å². The van der Waals surface area contributed by atoms with Gasteiger partial charge in [0.25, 0.3) is 0 Å². The third-order valence-corrected chi connectivity index (χ3v) is 3.97. The minimum absolute atomic E-state index is 0.0430. The monoisotopic (exact) mass is 311 g/mol. The minimum Gasteiger partial charge on any atom is -0.497 e. The predicted molar refractivity (Wildman–Crippen MR) is 82.8 cm³/mol. The molecule has 1 N–H and O–H groups in total. The Labute approximate surface area is 129 Å². The zero-order valence-corrected chi connectivity index (χ0v) is 13.2. The lowest BCUT2D eigenvalue weighted by Crippen LogP contribution is -2.28. The maximum Gasteiger partial charge on any atom is 0.303 e. The molecule has 0 saturated heterocycles. The fraction of sp³-hybridized carbons (Fsp3) is 0.467. The molecule has 0 aliphatic heterocycles. The molecule has 0 unspecified atom stereocenters. The fourth-order valence-corrected chi connectivity index (χ4v) is 2.55. The zero-order valence-electron chi connectivity index (χ0n) is 12.4. The molecular weight excluding hydrogens is 290 g/mol. The van der Waals surface area contributed by atoms with E-state index in [1.807, 2.05) is 24.3 Å². The summed E-state index contributed by atoms with van der Waals surface area (Å²) < 4.78 is 5.09. The summed E-state index contributed by atoms with van der Waals surface area (Å²) >= 11 is 1.62. The second-order valence-corrected chi connectivity index (χ2v) is 5.75. The highest BCUT2D eigenvalue weighted by Crippen LogP contribution is 2.21. The Morgan fingerprint density at radius 2 is 1.90 bits per heavy atom. The van der Waals surface area contributed by atoms with E-state index < -0.39 is 5.97 Å². The highest BCUT2D eigenvalue weighted by atomic mass is 32.2. The topological polar surface area (TPSA) is 66.8 Å². The minimum atomic E-state index is -0.828. The number of methoxy groups -OCH3 is 1. The number of hydrogen-bond donors (Lipinski definition) is 1. The van der Waals surface area contributed by atoms with Crippen LogP contribution in [0.25, 0.3) is 0 Å². The van der Waals surface area contributed by atoms with Crippen LogP contribution in [-0.4, -0.2) is 48.3 Å². The number of nitrogens with zero attached hydrogens (tertiary/aromatic N) is 1. The molecule has 1 aromatic carbocycles. The summed E-state index contributed by atoms with van der Waals surface area (Å²) in [5.41, 5.74) is 0. The van der Waals surface area contributed by atoms with Crippen LogP contribution in [0.2, 0.25) is 0 Å². The number of carbonyl (C=O) groups excluding carboxylic acids is 1. The van der Waals surface area contributed by atoms with Gasteiger partial charge in [-0.3, -0.25) is 9.59 Å². The van der Waals surface area contributed by atoms with Crippen LogP contribution in [0.1, 0.15) is 19.3 Å². The summed E-state index contributed by atoms with van der Waals surface area (Å²) in [4.78, 5) is 25.0. The van der Waals surface area contributed by atoms with Crippen LogP contribution < -0.4 is 4.74 Å². The fourth-order valence-electron chi connectivity index (χ4n) is 1.71. The molecule has 1 rings (SSSR count). The first-order valence-corrected chi connectivity index (χ1v) is 7.74. The number of carboxylic acid groups (broad SMARTS) is 1. The lowest BCUT2D eigenvalue weighted by Gasteiger charge is -2.16. The summed E-state index contributed by atoms with van der Waals surface area (Å²) in [7, 11) is 3.34. The molecule has 0 aliphatic rings. The summed E-state index contributed by atoms with van der Waals surface area (Å²) in [5.74, 6) is 0.731. The Morgan fingerprint density at radius 1 is 1.24 bits per heavy atom. The van der Waals surface area contributed by atoms with Crippen LogP contribution in [0.4, 0.5) is 0 Å². The maximum absolute atomic E-state index is 11.9. The van der Waals surface area contributed by atoms with Gasteiger partial charge in [-0.25, -0.2) is 0 Å². The number of benzene rings is 1. The molecule has 0 spiro atoms. The third-order valence-electron chi connectivity index (χ3n) is 2.95. The van der Waals surface area contributed by atoms with Gasteiger partial charge in [0, 0.05) is 37.1 Å². The van der Waals surface area contributed by atoms with Crippen LogP contribution in [0.15, 0.2) is 29.2 Å². The van der Waals surface area contributed by atoms with E-state index in [2.05, 4.69) is 0 Å². The van der Waals surface area contributed by atoms with Gasteiger partial charge in [0.2, 0.25) is 5.91 Å². The molecule has 0 fully saturated rings. The van der Waals surface area contributed by atoms with Crippen molar-refractivity contribution in [2.75, 3.05) is 26.5 Å². The predicted octanol–water partition coefficient (Wildman–Crippen LogP) is 2.50. The molecule has 1 aromatic rings. The molecule has 116 valence electrons. The van der Waals surface area contributed by atoms with Gasteiger partial charge >= 0.3 is 5.97 Å². The molecular formula is C15H21NO4S. The zero-order chi connectivity index (χ0) is 15.7. The Hall–Kier alpha value is -1.69. The van der Waals surface area contributed by atoms with E-state index in [1.54, 1.807) is 30.8 Å². The highest BCUT2D eigenvalue weighted by molar-refractivity contribution is 7.99. The van der Waals surface area contributed by atoms with Gasteiger partial charge in [-0.15, -0.1) is 11.8 Å². The molecule has 0 radical (unpaired) electrons. The Balaban J connectivity index is 2.24. The van der Waals surface area contributed by atoms with E-state index in [1.165, 1.54) is 0 Å². The quantitative estimate of drug-likeness (QED) is 0.710. The van der Waals surface area contributed by atoms with Crippen molar-refractivity contribution in [2.24, 2.45) is 0 Å². The molecule has 0 heterocycles. The van der Waals surface area contributed by atoms with E-state index in [0.29, 0.717) is 25.1 Å². The average Bonchev–Trinajstić information content (AvgIpc) is 2.47. The summed E-state index contributed by atoms with van der Waals surface area (Å²) in [6.45, 7) is 0.484. The van der Waals surface area contributed by atoms with E-state index in [0.717, 1.165) is 10.6 Å². The molecule has 6 heteroatoms. The maximum atomic E-state index is 11.9. The summed E-state index contributed by atoms with van der Waals surface area (Å²) in [5, 5.41) is 8.55. The van der Waals surface area contributed by atoms with E-state index in [4.69, 9.17) is 9.84 Å². The van der Waals surface area contributed by atoms with E-state index in [9.17, 15) is 9.59 Å². The van der Waals surface area contributed by atoms with Crippen molar-refractivity contribution in [3.05, 3.63) is 24.3 Å². The first-order chi connectivity index (χ1) is 10.0. The summed E-state index contributed by atoms with van der Waals surface area (Å²) in [6, 6.07) is 7.71. The second-order valence-electron chi connectivity index (χ2n) is 4.59. The van der Waals surface area contributed by atoms with Crippen molar-refractivity contribution in [2.45, 2.75) is 24.2 Å². The van der Waals surface area contributed by atoms with Crippen molar-refractivity contribution in [1.82, 2.24) is 4.90 Å². The normalized spacial score (nSPS) is 10.2. The van der Waals surface area contributed by atoms with Gasteiger partial charge in [0.1, 0.15) is 5.75 Å². The van der Waals surface area contributed by atoms with E-state index in [-0.39, 0.29) is 12.3 Å². The third kappa shape index (κ3) is 7.04. The molecule has 1 amide bonds. The largest absolute Gasteiger partial charge is 0.497 e. The number of carbonyl (C=O) groups is 2. The lowest BCUT2D eigenvalue weighted by molar-refractivity contribution is -0.138. The first kappa shape index (κ1) is 17.4. The summed E-state index contributed by atoms with van der Waals surface area (Å²) in [6.07, 6.45) is 1.03. The van der Waals surface area contributed by atoms with E-state index >= 15 is 0 Å². The smallest absolute Gasteiger partial charge is 0.303 e. The van der Waals surface area contributed by atoms with Crippen molar-refractivity contribution in [3.63, 3.8) is 0 Å². The average molecular weight is 311 g/mol. The molecule has 21 heavy (non-hydrogen) atoms. The van der Waals surface area contributed by atoms with Crippen molar-refractivity contribution >= 4 is 23.6 Å². The van der Waals surface area contributed by atoms with Crippen molar-refractivity contribution in [3.8, 4) is 5.75 Å². The number of thioether (sulfide) groups is 1. The van der Waals surface area contributed by atoms with Crippen molar-refractivity contribution in [1.29, 1.82) is 0 Å². The Bertz CT molecular complexity index is 461. The molecule has 0 saturated carbocycles. The standard InChI is InChI=1S/C15H21NO4S/c1-16(10-3-4-15(18)19)14(17)9-11-21-13-7-5-12(20-2)6-8-13/h5-8H,3-4,9-11H2,1-2H3,(H,18,19). The van der Waals surface area contributed by atoms with Crippen LogP contribution >= 0.6 is 11.8 Å². The number of rotatable bonds is 9. The number of hydrogen-bond acceptors (Lipinski definition) is 4. The van der Waals surface area contributed by atoms with Gasteiger partial charge in [-0.2, -0.15) is 0 Å². The second kappa shape index (κ2) is 9.28. The molecule has 5 nitrogen and oxygen atoms in total. The van der Waals surface area contributed by atoms with Crippen molar-refractivity contribution < 1.29 is 19.4 Å². The SMILES string of the molecule is COc1ccc(SCCC(=O)N(C)CCCC(=O)O)cc1. The van der Waals surface area contributed by atoms with Crippen LogP contribution in [-0.2, 0) is 9.59 Å². The van der Waals surface area contributed by atoms with Gasteiger partial charge in [0.15, 0.2) is 0 Å². The first-order valence-electron chi connectivity index (χ1n) is 6.75. The van der Waals surface area contributed by atoms with Gasteiger partial charge < -0.3 is 14.7 Å². The van der Waals surface area contributed by atoms with Gasteiger partial charge in [0.05, 0.1) is 7.11 Å². The molecule has 0 atom stereocenters. The number of amides is 1. The molecule has 0 aromatic heterocycles. The lowest BCUT2D eigenvalue weighted by atomic mass is 10.3.